The number of rotatable bonds is 7. The summed E-state index contributed by atoms with van der Waals surface area (Å²) in [5.41, 5.74) is 0. The first-order chi connectivity index (χ1) is 7.72. The number of nitrogens with zero attached hydrogens (tertiary/aromatic N) is 2. The average molecular weight is 228 g/mol. The van der Waals surface area contributed by atoms with Crippen molar-refractivity contribution in [3.8, 4) is 0 Å². The third-order valence-electron chi connectivity index (χ3n) is 3.61. The Hall–Kier alpha value is -0.120. The minimum Gasteiger partial charge on any atom is -0.396 e. The maximum absolute atomic E-state index is 8.70. The van der Waals surface area contributed by atoms with E-state index < -0.39 is 0 Å². The molecular formula is C13H28N2O. The molecule has 1 heterocycles. The summed E-state index contributed by atoms with van der Waals surface area (Å²) in [4.78, 5) is 4.89. The van der Waals surface area contributed by atoms with Gasteiger partial charge < -0.3 is 14.9 Å². The molecule has 16 heavy (non-hydrogen) atoms. The molecule has 96 valence electrons. The molecule has 0 aromatic heterocycles. The van der Waals surface area contributed by atoms with Crippen LogP contribution in [0.2, 0.25) is 0 Å². The van der Waals surface area contributed by atoms with E-state index in [2.05, 4.69) is 23.9 Å². The highest BCUT2D eigenvalue weighted by molar-refractivity contribution is 4.72. The van der Waals surface area contributed by atoms with Gasteiger partial charge in [0.1, 0.15) is 0 Å². The van der Waals surface area contributed by atoms with Crippen molar-refractivity contribution < 1.29 is 5.11 Å². The van der Waals surface area contributed by atoms with Crippen LogP contribution < -0.4 is 0 Å². The monoisotopic (exact) mass is 228 g/mol. The van der Waals surface area contributed by atoms with Gasteiger partial charge in [-0.05, 0) is 71.8 Å². The molecule has 1 aliphatic heterocycles. The van der Waals surface area contributed by atoms with E-state index >= 15 is 0 Å². The predicted molar refractivity (Wildman–Crippen MR) is 68.7 cm³/mol. The molecule has 1 fully saturated rings. The fourth-order valence-electron chi connectivity index (χ4n) is 2.45. The van der Waals surface area contributed by atoms with Gasteiger partial charge in [-0.1, -0.05) is 0 Å². The fourth-order valence-corrected chi connectivity index (χ4v) is 2.45. The number of unbranched alkanes of at least 4 members (excludes halogenated alkanes) is 2. The van der Waals surface area contributed by atoms with Gasteiger partial charge in [-0.15, -0.1) is 0 Å². The topological polar surface area (TPSA) is 26.7 Å². The molecular weight excluding hydrogens is 200 g/mol. The smallest absolute Gasteiger partial charge is 0.0431 e. The minimum absolute atomic E-state index is 0.346. The third kappa shape index (κ3) is 5.83. The molecule has 3 nitrogen and oxygen atoms in total. The molecule has 0 saturated carbocycles. The van der Waals surface area contributed by atoms with E-state index in [1.54, 1.807) is 0 Å². The molecule has 3 heteroatoms. The van der Waals surface area contributed by atoms with E-state index in [-0.39, 0.29) is 0 Å². The van der Waals surface area contributed by atoms with Crippen molar-refractivity contribution in [1.82, 2.24) is 9.80 Å². The van der Waals surface area contributed by atoms with Crippen LogP contribution in [0.1, 0.15) is 32.1 Å². The van der Waals surface area contributed by atoms with Crippen molar-refractivity contribution in [3.05, 3.63) is 0 Å². The summed E-state index contributed by atoms with van der Waals surface area (Å²) >= 11 is 0. The van der Waals surface area contributed by atoms with Crippen LogP contribution in [0.3, 0.4) is 0 Å². The summed E-state index contributed by atoms with van der Waals surface area (Å²) in [6.07, 6.45) is 6.06. The summed E-state index contributed by atoms with van der Waals surface area (Å²) in [6, 6.07) is 0. The Morgan fingerprint density at radius 3 is 2.50 bits per heavy atom. The highest BCUT2D eigenvalue weighted by Gasteiger charge is 2.17. The second kappa shape index (κ2) is 8.04. The first kappa shape index (κ1) is 13.9. The first-order valence-electron chi connectivity index (χ1n) is 6.70. The highest BCUT2D eigenvalue weighted by Crippen LogP contribution is 2.16. The molecule has 0 radical (unpaired) electrons. The van der Waals surface area contributed by atoms with Crippen molar-refractivity contribution >= 4 is 0 Å². The largest absolute Gasteiger partial charge is 0.396 e. The van der Waals surface area contributed by atoms with E-state index in [1.807, 2.05) is 0 Å². The van der Waals surface area contributed by atoms with Crippen LogP contribution in [0, 0.1) is 5.92 Å². The quantitative estimate of drug-likeness (QED) is 0.668. The Balaban J connectivity index is 2.02. The van der Waals surface area contributed by atoms with Crippen LogP contribution in [0.4, 0.5) is 0 Å². The zero-order valence-electron chi connectivity index (χ0n) is 11.0. The lowest BCUT2D eigenvalue weighted by Gasteiger charge is -2.31. The standard InChI is InChI=1S/C13H28N2O/c1-14-9-6-13(7-10-14)12-15(2)8-4-3-5-11-16/h13,16H,3-12H2,1-2H3. The van der Waals surface area contributed by atoms with Gasteiger partial charge in [0.15, 0.2) is 0 Å². The molecule has 0 aromatic rings. The Bertz CT molecular complexity index is 167. The summed E-state index contributed by atoms with van der Waals surface area (Å²) in [7, 11) is 4.45. The van der Waals surface area contributed by atoms with E-state index in [0.717, 1.165) is 18.8 Å². The average Bonchev–Trinajstić information content (AvgIpc) is 2.28. The maximum atomic E-state index is 8.70. The number of aliphatic hydroxyl groups excluding tert-OH is 1. The molecule has 0 amide bonds. The van der Waals surface area contributed by atoms with E-state index in [9.17, 15) is 0 Å². The number of piperidine rings is 1. The van der Waals surface area contributed by atoms with Crippen LogP contribution in [0.5, 0.6) is 0 Å². The number of hydrogen-bond acceptors (Lipinski definition) is 3. The summed E-state index contributed by atoms with van der Waals surface area (Å²) in [5, 5.41) is 8.70. The van der Waals surface area contributed by atoms with Gasteiger partial charge in [0.25, 0.3) is 0 Å². The second-order valence-corrected chi connectivity index (χ2v) is 5.29. The lowest BCUT2D eigenvalue weighted by molar-refractivity contribution is 0.174. The predicted octanol–water partition coefficient (Wildman–Crippen LogP) is 1.42. The van der Waals surface area contributed by atoms with Gasteiger partial charge in [-0.25, -0.2) is 0 Å². The lowest BCUT2D eigenvalue weighted by Crippen LogP contribution is -2.36. The summed E-state index contributed by atoms with van der Waals surface area (Å²) < 4.78 is 0. The van der Waals surface area contributed by atoms with Crippen LogP contribution in [0.15, 0.2) is 0 Å². The molecule has 0 aromatic carbocycles. The van der Waals surface area contributed by atoms with Gasteiger partial charge in [0, 0.05) is 13.2 Å². The highest BCUT2D eigenvalue weighted by atomic mass is 16.2. The maximum Gasteiger partial charge on any atom is 0.0431 e. The molecule has 0 spiro atoms. The first-order valence-corrected chi connectivity index (χ1v) is 6.70. The summed E-state index contributed by atoms with van der Waals surface area (Å²) in [5.74, 6) is 0.902. The van der Waals surface area contributed by atoms with Gasteiger partial charge in [-0.2, -0.15) is 0 Å². The van der Waals surface area contributed by atoms with Crippen molar-refractivity contribution in [1.29, 1.82) is 0 Å². The van der Waals surface area contributed by atoms with Gasteiger partial charge in [-0.3, -0.25) is 0 Å². The molecule has 0 bridgehead atoms. The van der Waals surface area contributed by atoms with Crippen LogP contribution in [0.25, 0.3) is 0 Å². The molecule has 0 aliphatic carbocycles. The SMILES string of the molecule is CN1CCC(CN(C)CCCCCO)CC1. The van der Waals surface area contributed by atoms with Crippen LogP contribution in [-0.4, -0.2) is 61.8 Å². The van der Waals surface area contributed by atoms with Crippen LogP contribution >= 0.6 is 0 Å². The minimum atomic E-state index is 0.346. The van der Waals surface area contributed by atoms with Gasteiger partial charge >= 0.3 is 0 Å². The van der Waals surface area contributed by atoms with E-state index in [4.69, 9.17) is 5.11 Å². The van der Waals surface area contributed by atoms with E-state index in [0.29, 0.717) is 6.61 Å². The van der Waals surface area contributed by atoms with Gasteiger partial charge in [0.05, 0.1) is 0 Å². The van der Waals surface area contributed by atoms with Crippen molar-refractivity contribution in [2.75, 3.05) is 46.9 Å². The zero-order chi connectivity index (χ0) is 11.8. The molecule has 1 N–H and O–H groups in total. The fraction of sp³-hybridized carbons (Fsp3) is 1.00. The van der Waals surface area contributed by atoms with E-state index in [1.165, 1.54) is 45.4 Å². The zero-order valence-corrected chi connectivity index (χ0v) is 11.0. The summed E-state index contributed by atoms with van der Waals surface area (Å²) in [6.45, 7) is 5.32. The number of likely N-dealkylation sites (tertiary alicyclic amines) is 1. The van der Waals surface area contributed by atoms with Crippen molar-refractivity contribution in [3.63, 3.8) is 0 Å². The van der Waals surface area contributed by atoms with Gasteiger partial charge in [0.2, 0.25) is 0 Å². The number of aliphatic hydroxyl groups is 1. The molecule has 1 aliphatic rings. The third-order valence-corrected chi connectivity index (χ3v) is 3.61. The lowest BCUT2D eigenvalue weighted by atomic mass is 9.96. The van der Waals surface area contributed by atoms with Crippen molar-refractivity contribution in [2.45, 2.75) is 32.1 Å². The Labute approximate surface area is 100 Å². The molecule has 1 saturated heterocycles. The Morgan fingerprint density at radius 2 is 1.88 bits per heavy atom. The Kier molecular flexibility index (Phi) is 7.01. The molecule has 0 unspecified atom stereocenters. The second-order valence-electron chi connectivity index (χ2n) is 5.29. The normalized spacial score (nSPS) is 19.5. The van der Waals surface area contributed by atoms with Crippen molar-refractivity contribution in [2.24, 2.45) is 5.92 Å². The Morgan fingerprint density at radius 1 is 1.19 bits per heavy atom. The molecule has 1 rings (SSSR count). The van der Waals surface area contributed by atoms with Crippen LogP contribution in [-0.2, 0) is 0 Å². The molecule has 0 atom stereocenters. The number of hydrogen-bond donors (Lipinski definition) is 1.